The second-order valence-electron chi connectivity index (χ2n) is 7.03. The highest BCUT2D eigenvalue weighted by atomic mass is 16.3. The molecule has 2 amide bonds. The maximum absolute atomic E-state index is 12.9. The summed E-state index contributed by atoms with van der Waals surface area (Å²) >= 11 is 0. The van der Waals surface area contributed by atoms with Gasteiger partial charge in [-0.05, 0) is 31.4 Å². The van der Waals surface area contributed by atoms with Gasteiger partial charge in [-0.1, -0.05) is 29.8 Å². The minimum Gasteiger partial charge on any atom is -0.388 e. The first-order valence-corrected chi connectivity index (χ1v) is 8.68. The average Bonchev–Trinajstić information content (AvgIpc) is 2.60. The van der Waals surface area contributed by atoms with Crippen LogP contribution in [-0.4, -0.2) is 45.5 Å². The number of likely N-dealkylation sites (tertiary alicyclic amines) is 1. The molecule has 0 spiro atoms. The monoisotopic (exact) mass is 353 g/mol. The summed E-state index contributed by atoms with van der Waals surface area (Å²) in [5.74, 6) is -0.764. The van der Waals surface area contributed by atoms with E-state index in [0.29, 0.717) is 24.9 Å². The molecule has 6 nitrogen and oxygen atoms in total. The van der Waals surface area contributed by atoms with Gasteiger partial charge in [-0.2, -0.15) is 0 Å². The van der Waals surface area contributed by atoms with Crippen LogP contribution in [0.1, 0.15) is 35.2 Å². The van der Waals surface area contributed by atoms with Gasteiger partial charge in [-0.15, -0.1) is 0 Å². The smallest absolute Gasteiger partial charge is 0.255 e. The molecule has 2 aromatic rings. The van der Waals surface area contributed by atoms with Crippen LogP contribution in [-0.2, 0) is 4.79 Å². The Morgan fingerprint density at radius 3 is 2.81 bits per heavy atom. The lowest BCUT2D eigenvalue weighted by molar-refractivity contribution is -0.125. The average molecular weight is 353 g/mol. The molecule has 1 aliphatic rings. The van der Waals surface area contributed by atoms with E-state index in [1.807, 2.05) is 37.3 Å². The number of piperidine rings is 1. The number of benzene rings is 1. The van der Waals surface area contributed by atoms with Crippen molar-refractivity contribution in [1.82, 2.24) is 9.88 Å². The Morgan fingerprint density at radius 1 is 1.27 bits per heavy atom. The quantitative estimate of drug-likeness (QED) is 0.877. The topological polar surface area (TPSA) is 96.5 Å². The first-order valence-electron chi connectivity index (χ1n) is 8.68. The Balaban J connectivity index is 1.82. The first-order chi connectivity index (χ1) is 12.4. The number of aliphatic hydroxyl groups is 1. The molecule has 0 bridgehead atoms. The van der Waals surface area contributed by atoms with Crippen molar-refractivity contribution in [3.8, 4) is 11.1 Å². The van der Waals surface area contributed by atoms with Crippen molar-refractivity contribution in [3.05, 3.63) is 53.9 Å². The molecule has 1 aromatic carbocycles. The van der Waals surface area contributed by atoms with Crippen molar-refractivity contribution >= 4 is 11.8 Å². The number of carbonyl (C=O) groups excluding carboxylic acids is 2. The van der Waals surface area contributed by atoms with Crippen LogP contribution in [0.2, 0.25) is 0 Å². The van der Waals surface area contributed by atoms with Gasteiger partial charge in [0.05, 0.1) is 24.1 Å². The van der Waals surface area contributed by atoms with Crippen LogP contribution in [0, 0.1) is 6.92 Å². The number of carbonyl (C=O) groups is 2. The third-order valence-electron chi connectivity index (χ3n) is 4.68. The lowest BCUT2D eigenvalue weighted by Crippen LogP contribution is -2.51. The Bertz CT molecular complexity index is 837. The second-order valence-corrected chi connectivity index (χ2v) is 7.03. The van der Waals surface area contributed by atoms with E-state index in [4.69, 9.17) is 5.73 Å². The molecule has 136 valence electrons. The van der Waals surface area contributed by atoms with Crippen LogP contribution in [0.4, 0.5) is 0 Å². The lowest BCUT2D eigenvalue weighted by Gasteiger charge is -2.38. The van der Waals surface area contributed by atoms with E-state index in [1.165, 1.54) is 6.20 Å². The molecule has 6 heteroatoms. The van der Waals surface area contributed by atoms with Gasteiger partial charge < -0.3 is 15.7 Å². The van der Waals surface area contributed by atoms with Gasteiger partial charge in [0, 0.05) is 24.5 Å². The van der Waals surface area contributed by atoms with Crippen LogP contribution in [0.25, 0.3) is 11.1 Å². The predicted molar refractivity (Wildman–Crippen MR) is 98.3 cm³/mol. The summed E-state index contributed by atoms with van der Waals surface area (Å²) in [6.07, 6.45) is 4.20. The highest BCUT2D eigenvalue weighted by molar-refractivity contribution is 5.95. The number of aromatic nitrogens is 1. The zero-order valence-electron chi connectivity index (χ0n) is 14.8. The number of aryl methyl sites for hydroxylation is 1. The summed E-state index contributed by atoms with van der Waals surface area (Å²) in [7, 11) is 0. The van der Waals surface area contributed by atoms with Crippen LogP contribution in [0.3, 0.4) is 0 Å². The van der Waals surface area contributed by atoms with Crippen LogP contribution in [0.15, 0.2) is 42.7 Å². The Labute approximate surface area is 152 Å². The molecule has 1 unspecified atom stereocenters. The fraction of sp³-hybridized carbons (Fsp3) is 0.350. The third kappa shape index (κ3) is 4.08. The van der Waals surface area contributed by atoms with Gasteiger partial charge in [-0.25, -0.2) is 0 Å². The van der Waals surface area contributed by atoms with Crippen molar-refractivity contribution in [2.45, 2.75) is 31.8 Å². The molecular formula is C20H23N3O3. The number of β-amino-alcohol motifs (C(OH)–C–C–N with tert-alkyl or cyclic N) is 1. The van der Waals surface area contributed by atoms with E-state index in [2.05, 4.69) is 4.98 Å². The number of rotatable bonds is 4. The van der Waals surface area contributed by atoms with Gasteiger partial charge >= 0.3 is 0 Å². The van der Waals surface area contributed by atoms with Gasteiger partial charge in [0.25, 0.3) is 5.91 Å². The van der Waals surface area contributed by atoms with Gasteiger partial charge in [0.15, 0.2) is 0 Å². The van der Waals surface area contributed by atoms with Crippen molar-refractivity contribution in [3.63, 3.8) is 0 Å². The van der Waals surface area contributed by atoms with Crippen LogP contribution < -0.4 is 5.73 Å². The molecule has 0 aliphatic carbocycles. The van der Waals surface area contributed by atoms with Crippen LogP contribution in [0.5, 0.6) is 0 Å². The number of pyridine rings is 1. The zero-order chi connectivity index (χ0) is 18.7. The number of amides is 2. The molecule has 3 N–H and O–H groups in total. The molecule has 1 aliphatic heterocycles. The third-order valence-corrected chi connectivity index (χ3v) is 4.68. The van der Waals surface area contributed by atoms with Gasteiger partial charge in [-0.3, -0.25) is 14.6 Å². The van der Waals surface area contributed by atoms with E-state index < -0.39 is 11.5 Å². The van der Waals surface area contributed by atoms with Gasteiger partial charge in [0.1, 0.15) is 0 Å². The predicted octanol–water partition coefficient (Wildman–Crippen LogP) is 1.90. The second kappa shape index (κ2) is 7.25. The largest absolute Gasteiger partial charge is 0.388 e. The Kier molecular flexibility index (Phi) is 5.04. The molecule has 1 saturated heterocycles. The van der Waals surface area contributed by atoms with Crippen LogP contribution >= 0.6 is 0 Å². The molecule has 1 aromatic heterocycles. The molecule has 0 saturated carbocycles. The highest BCUT2D eigenvalue weighted by Crippen LogP contribution is 2.26. The summed E-state index contributed by atoms with van der Waals surface area (Å²) < 4.78 is 0. The molecule has 26 heavy (non-hydrogen) atoms. The zero-order valence-corrected chi connectivity index (χ0v) is 14.8. The molecule has 1 atom stereocenters. The highest BCUT2D eigenvalue weighted by Gasteiger charge is 2.36. The van der Waals surface area contributed by atoms with Crippen molar-refractivity contribution in [2.24, 2.45) is 5.73 Å². The fourth-order valence-electron chi connectivity index (χ4n) is 3.48. The van der Waals surface area contributed by atoms with E-state index in [-0.39, 0.29) is 18.9 Å². The SMILES string of the molecule is Cc1cccc(-c2cncc(C(=O)N3CCCC(O)(CC(N)=O)C3)c2)c1. The summed E-state index contributed by atoms with van der Waals surface area (Å²) in [6, 6.07) is 9.81. The molecular weight excluding hydrogens is 330 g/mol. The number of nitrogens with zero attached hydrogens (tertiary/aromatic N) is 2. The maximum atomic E-state index is 12.9. The molecule has 3 rings (SSSR count). The number of primary amides is 1. The number of nitrogens with two attached hydrogens (primary N) is 1. The van der Waals surface area contributed by atoms with E-state index >= 15 is 0 Å². The Morgan fingerprint density at radius 2 is 2.08 bits per heavy atom. The van der Waals surface area contributed by atoms with E-state index in [9.17, 15) is 14.7 Å². The van der Waals surface area contributed by atoms with Crippen molar-refractivity contribution in [2.75, 3.05) is 13.1 Å². The fourth-order valence-corrected chi connectivity index (χ4v) is 3.48. The summed E-state index contributed by atoms with van der Waals surface area (Å²) in [4.78, 5) is 29.9. The van der Waals surface area contributed by atoms with E-state index in [1.54, 1.807) is 11.1 Å². The van der Waals surface area contributed by atoms with Crippen molar-refractivity contribution in [1.29, 1.82) is 0 Å². The summed E-state index contributed by atoms with van der Waals surface area (Å²) in [5, 5.41) is 10.6. The Hall–Kier alpha value is -2.73. The minimum atomic E-state index is -1.25. The van der Waals surface area contributed by atoms with Gasteiger partial charge in [0.2, 0.25) is 5.91 Å². The summed E-state index contributed by atoms with van der Waals surface area (Å²) in [5.41, 5.74) is 7.43. The van der Waals surface area contributed by atoms with E-state index in [0.717, 1.165) is 16.7 Å². The molecule has 0 radical (unpaired) electrons. The maximum Gasteiger partial charge on any atom is 0.255 e. The summed E-state index contributed by atoms with van der Waals surface area (Å²) in [6.45, 7) is 2.65. The molecule has 2 heterocycles. The number of hydrogen-bond acceptors (Lipinski definition) is 4. The lowest BCUT2D eigenvalue weighted by atomic mass is 9.89. The normalized spacial score (nSPS) is 20.0. The minimum absolute atomic E-state index is 0.101. The van der Waals surface area contributed by atoms with Crippen molar-refractivity contribution < 1.29 is 14.7 Å². The molecule has 1 fully saturated rings. The number of hydrogen-bond donors (Lipinski definition) is 2. The first kappa shape index (κ1) is 18.1. The standard InChI is InChI=1S/C20H23N3O3/c1-14-4-2-5-15(8-14)16-9-17(12-22-11-16)19(25)23-7-3-6-20(26,13-23)10-18(21)24/h2,4-5,8-9,11-12,26H,3,6-7,10,13H2,1H3,(H2,21,24).